The van der Waals surface area contributed by atoms with E-state index in [1.165, 1.54) is 0 Å². The minimum Gasteiger partial charge on any atom is -0.381 e. The molecule has 0 aromatic carbocycles. The molecule has 8 heteroatoms. The van der Waals surface area contributed by atoms with Gasteiger partial charge in [0.15, 0.2) is 5.96 Å². The summed E-state index contributed by atoms with van der Waals surface area (Å²) in [6.07, 6.45) is 5.17. The van der Waals surface area contributed by atoms with Gasteiger partial charge in [0, 0.05) is 57.7 Å². The first-order valence-corrected chi connectivity index (χ1v) is 9.65. The maximum absolute atomic E-state index is 11.9. The van der Waals surface area contributed by atoms with Crippen LogP contribution >= 0.6 is 0 Å². The number of aliphatic imine (C=N–C) groups is 1. The van der Waals surface area contributed by atoms with Crippen LogP contribution in [-0.2, 0) is 9.47 Å². The molecule has 0 radical (unpaired) electrons. The minimum absolute atomic E-state index is 0.128. The predicted octanol–water partition coefficient (Wildman–Crippen LogP) is 0.810. The monoisotopic (exact) mass is 377 g/mol. The van der Waals surface area contributed by atoms with Gasteiger partial charge < -0.3 is 25.4 Å². The Morgan fingerprint density at radius 1 is 1.37 bits per heavy atom. The molecule has 1 amide bonds. The minimum atomic E-state index is -0.128. The molecule has 1 aromatic rings. The van der Waals surface area contributed by atoms with Crippen molar-refractivity contribution in [2.24, 2.45) is 10.9 Å². The summed E-state index contributed by atoms with van der Waals surface area (Å²) in [6, 6.07) is 3.48. The lowest BCUT2D eigenvalue weighted by molar-refractivity contribution is 0.0893. The van der Waals surface area contributed by atoms with E-state index in [4.69, 9.17) is 9.47 Å². The summed E-state index contributed by atoms with van der Waals surface area (Å²) in [5.74, 6) is 1.17. The van der Waals surface area contributed by atoms with Gasteiger partial charge in [-0.3, -0.25) is 14.8 Å². The maximum Gasteiger partial charge on any atom is 0.252 e. The Morgan fingerprint density at radius 3 is 3.00 bits per heavy atom. The summed E-state index contributed by atoms with van der Waals surface area (Å²) in [6.45, 7) is 7.77. The zero-order valence-corrected chi connectivity index (χ0v) is 16.1. The molecule has 2 heterocycles. The van der Waals surface area contributed by atoms with Crippen LogP contribution in [0, 0.1) is 5.92 Å². The van der Waals surface area contributed by atoms with Gasteiger partial charge in [0.2, 0.25) is 0 Å². The van der Waals surface area contributed by atoms with Gasteiger partial charge >= 0.3 is 0 Å². The SMILES string of the molecule is CCNC(=NCCCOCC1CCOC1)NCCNC(=O)c1cccnc1. The Morgan fingerprint density at radius 2 is 2.26 bits per heavy atom. The molecule has 1 unspecified atom stereocenters. The van der Waals surface area contributed by atoms with Crippen LogP contribution in [0.1, 0.15) is 30.1 Å². The van der Waals surface area contributed by atoms with E-state index >= 15 is 0 Å². The first-order valence-electron chi connectivity index (χ1n) is 9.65. The highest BCUT2D eigenvalue weighted by molar-refractivity contribution is 5.93. The summed E-state index contributed by atoms with van der Waals surface area (Å²) >= 11 is 0. The first kappa shape index (κ1) is 21.1. The highest BCUT2D eigenvalue weighted by Gasteiger charge is 2.15. The lowest BCUT2D eigenvalue weighted by atomic mass is 10.1. The van der Waals surface area contributed by atoms with Gasteiger partial charge in [0.25, 0.3) is 5.91 Å². The molecular formula is C19H31N5O3. The van der Waals surface area contributed by atoms with Crippen LogP contribution in [0.5, 0.6) is 0 Å². The van der Waals surface area contributed by atoms with Crippen molar-refractivity contribution in [1.82, 2.24) is 20.9 Å². The van der Waals surface area contributed by atoms with Crippen molar-refractivity contribution in [1.29, 1.82) is 0 Å². The first-order chi connectivity index (χ1) is 13.3. The number of ether oxygens (including phenoxy) is 2. The number of hydrogen-bond acceptors (Lipinski definition) is 5. The highest BCUT2D eigenvalue weighted by Crippen LogP contribution is 2.12. The molecule has 0 spiro atoms. The number of aromatic nitrogens is 1. The van der Waals surface area contributed by atoms with Crippen molar-refractivity contribution < 1.29 is 14.3 Å². The molecule has 3 N–H and O–H groups in total. The Labute approximate surface area is 161 Å². The Kier molecular flexibility index (Phi) is 10.2. The quantitative estimate of drug-likeness (QED) is 0.300. The molecule has 150 valence electrons. The summed E-state index contributed by atoms with van der Waals surface area (Å²) in [4.78, 5) is 20.4. The fraction of sp³-hybridized carbons (Fsp3) is 0.632. The zero-order valence-electron chi connectivity index (χ0n) is 16.1. The largest absolute Gasteiger partial charge is 0.381 e. The molecule has 2 rings (SSSR count). The lowest BCUT2D eigenvalue weighted by Gasteiger charge is -2.12. The van der Waals surface area contributed by atoms with E-state index in [0.717, 1.165) is 45.2 Å². The third-order valence-corrected chi connectivity index (χ3v) is 4.07. The molecule has 1 aliphatic rings. The summed E-state index contributed by atoms with van der Waals surface area (Å²) in [5, 5.41) is 9.26. The molecule has 8 nitrogen and oxygen atoms in total. The van der Waals surface area contributed by atoms with Crippen LogP contribution in [0.25, 0.3) is 0 Å². The average molecular weight is 377 g/mol. The number of carbonyl (C=O) groups is 1. The van der Waals surface area contributed by atoms with Crippen LogP contribution in [-0.4, -0.2) is 69.5 Å². The van der Waals surface area contributed by atoms with E-state index in [1.54, 1.807) is 24.5 Å². The van der Waals surface area contributed by atoms with Crippen molar-refractivity contribution in [3.8, 4) is 0 Å². The number of guanidine groups is 1. The van der Waals surface area contributed by atoms with E-state index in [0.29, 0.717) is 37.7 Å². The van der Waals surface area contributed by atoms with E-state index in [2.05, 4.69) is 25.9 Å². The van der Waals surface area contributed by atoms with Crippen molar-refractivity contribution in [3.05, 3.63) is 30.1 Å². The molecule has 1 saturated heterocycles. The van der Waals surface area contributed by atoms with Crippen molar-refractivity contribution >= 4 is 11.9 Å². The molecule has 27 heavy (non-hydrogen) atoms. The summed E-state index contributed by atoms with van der Waals surface area (Å²) in [5.41, 5.74) is 0.558. The van der Waals surface area contributed by atoms with E-state index in [-0.39, 0.29) is 5.91 Å². The second kappa shape index (κ2) is 13.1. The van der Waals surface area contributed by atoms with E-state index in [1.807, 2.05) is 6.92 Å². The molecule has 1 atom stereocenters. The van der Waals surface area contributed by atoms with Crippen molar-refractivity contribution in [2.45, 2.75) is 19.8 Å². The zero-order chi connectivity index (χ0) is 19.2. The molecular weight excluding hydrogens is 346 g/mol. The summed E-state index contributed by atoms with van der Waals surface area (Å²) in [7, 11) is 0. The standard InChI is InChI=1S/C19H31N5O3/c1-2-21-19(23-8-4-11-26-14-16-6-12-27-15-16)24-10-9-22-18(25)17-5-3-7-20-13-17/h3,5,7,13,16H,2,4,6,8-12,14-15H2,1H3,(H,22,25)(H2,21,23,24). The fourth-order valence-corrected chi connectivity index (χ4v) is 2.62. The number of rotatable bonds is 11. The van der Waals surface area contributed by atoms with Gasteiger partial charge in [-0.25, -0.2) is 0 Å². The fourth-order valence-electron chi connectivity index (χ4n) is 2.62. The van der Waals surface area contributed by atoms with Gasteiger partial charge in [-0.15, -0.1) is 0 Å². The van der Waals surface area contributed by atoms with Crippen molar-refractivity contribution in [3.63, 3.8) is 0 Å². The number of carbonyl (C=O) groups excluding carboxylic acids is 1. The number of nitrogens with one attached hydrogen (secondary N) is 3. The third kappa shape index (κ3) is 8.83. The molecule has 1 aromatic heterocycles. The normalized spacial score (nSPS) is 16.9. The Balaban J connectivity index is 1.56. The second-order valence-corrected chi connectivity index (χ2v) is 6.34. The smallest absolute Gasteiger partial charge is 0.252 e. The molecule has 1 fully saturated rings. The molecule has 0 aliphatic carbocycles. The summed E-state index contributed by atoms with van der Waals surface area (Å²) < 4.78 is 11.0. The van der Waals surface area contributed by atoms with Gasteiger partial charge in [-0.05, 0) is 31.9 Å². The maximum atomic E-state index is 11.9. The van der Waals surface area contributed by atoms with Crippen molar-refractivity contribution in [2.75, 3.05) is 52.6 Å². The van der Waals surface area contributed by atoms with Gasteiger partial charge in [0.05, 0.1) is 18.8 Å². The number of hydrogen-bond donors (Lipinski definition) is 3. The van der Waals surface area contributed by atoms with Crippen LogP contribution in [0.4, 0.5) is 0 Å². The van der Waals surface area contributed by atoms with Gasteiger partial charge in [-0.2, -0.15) is 0 Å². The van der Waals surface area contributed by atoms with Crippen LogP contribution in [0.15, 0.2) is 29.5 Å². The van der Waals surface area contributed by atoms with E-state index < -0.39 is 0 Å². The van der Waals surface area contributed by atoms with Crippen LogP contribution in [0.3, 0.4) is 0 Å². The Hall–Kier alpha value is -2.19. The molecule has 1 aliphatic heterocycles. The lowest BCUT2D eigenvalue weighted by Crippen LogP contribution is -2.41. The third-order valence-electron chi connectivity index (χ3n) is 4.07. The van der Waals surface area contributed by atoms with Gasteiger partial charge in [0.1, 0.15) is 0 Å². The number of amides is 1. The molecule has 0 saturated carbocycles. The Bertz CT molecular complexity index is 562. The van der Waals surface area contributed by atoms with E-state index in [9.17, 15) is 4.79 Å². The number of nitrogens with zero attached hydrogens (tertiary/aromatic N) is 2. The average Bonchev–Trinajstić information content (AvgIpc) is 3.21. The number of pyridine rings is 1. The van der Waals surface area contributed by atoms with Crippen LogP contribution < -0.4 is 16.0 Å². The van der Waals surface area contributed by atoms with Gasteiger partial charge in [-0.1, -0.05) is 0 Å². The second-order valence-electron chi connectivity index (χ2n) is 6.34. The highest BCUT2D eigenvalue weighted by atomic mass is 16.5. The van der Waals surface area contributed by atoms with Crippen LogP contribution in [0.2, 0.25) is 0 Å². The predicted molar refractivity (Wildman–Crippen MR) is 105 cm³/mol. The molecule has 0 bridgehead atoms. The topological polar surface area (TPSA) is 96.9 Å².